The van der Waals surface area contributed by atoms with Crippen molar-refractivity contribution in [3.05, 3.63) is 59.9 Å². The summed E-state index contributed by atoms with van der Waals surface area (Å²) >= 11 is 0. The van der Waals surface area contributed by atoms with Gasteiger partial charge in [-0.25, -0.2) is 9.18 Å². The third-order valence-electron chi connectivity index (χ3n) is 4.54. The zero-order valence-electron chi connectivity index (χ0n) is 16.1. The second-order valence-electron chi connectivity index (χ2n) is 6.62. The summed E-state index contributed by atoms with van der Waals surface area (Å²) in [6.45, 7) is 3.89. The fraction of sp³-hybridized carbons (Fsp3) is 0.333. The number of hydrogen-bond donors (Lipinski definition) is 3. The van der Waals surface area contributed by atoms with Gasteiger partial charge in [-0.05, 0) is 42.8 Å². The maximum Gasteiger partial charge on any atom is 0.319 e. The van der Waals surface area contributed by atoms with Crippen molar-refractivity contribution in [3.8, 4) is 0 Å². The monoisotopic (exact) mass is 400 g/mol. The first-order chi connectivity index (χ1) is 14.1. The van der Waals surface area contributed by atoms with Crippen LogP contribution in [0.5, 0.6) is 0 Å². The number of amides is 3. The smallest absolute Gasteiger partial charge is 0.319 e. The SMILES string of the molecule is O=C(NCCCNC(=O)c1ccccc1F)Nc1ccc(N2CCOCC2)cc1. The number of halogens is 1. The van der Waals surface area contributed by atoms with Crippen molar-refractivity contribution in [3.63, 3.8) is 0 Å². The van der Waals surface area contributed by atoms with Crippen LogP contribution in [-0.2, 0) is 4.74 Å². The molecule has 154 valence electrons. The number of ether oxygens (including phenoxy) is 1. The summed E-state index contributed by atoms with van der Waals surface area (Å²) in [6, 6.07) is 13.2. The molecule has 3 N–H and O–H groups in total. The second-order valence-corrected chi connectivity index (χ2v) is 6.62. The van der Waals surface area contributed by atoms with Gasteiger partial charge >= 0.3 is 6.03 Å². The Morgan fingerprint density at radius 3 is 2.38 bits per heavy atom. The highest BCUT2D eigenvalue weighted by Crippen LogP contribution is 2.18. The highest BCUT2D eigenvalue weighted by molar-refractivity contribution is 5.94. The number of morpholine rings is 1. The molecule has 3 amide bonds. The van der Waals surface area contributed by atoms with Gasteiger partial charge in [0, 0.05) is 37.6 Å². The summed E-state index contributed by atoms with van der Waals surface area (Å²) in [5.41, 5.74) is 1.82. The van der Waals surface area contributed by atoms with Crippen LogP contribution in [0.4, 0.5) is 20.6 Å². The van der Waals surface area contributed by atoms with Gasteiger partial charge in [-0.3, -0.25) is 4.79 Å². The summed E-state index contributed by atoms with van der Waals surface area (Å²) in [5.74, 6) is -1.02. The van der Waals surface area contributed by atoms with Crippen LogP contribution < -0.4 is 20.9 Å². The Hall–Kier alpha value is -3.13. The molecule has 0 saturated carbocycles. The van der Waals surface area contributed by atoms with Crippen LogP contribution >= 0.6 is 0 Å². The van der Waals surface area contributed by atoms with Gasteiger partial charge in [-0.15, -0.1) is 0 Å². The zero-order valence-corrected chi connectivity index (χ0v) is 16.1. The van der Waals surface area contributed by atoms with E-state index in [0.29, 0.717) is 25.2 Å². The third-order valence-corrected chi connectivity index (χ3v) is 4.54. The summed E-state index contributed by atoms with van der Waals surface area (Å²) < 4.78 is 18.9. The van der Waals surface area contributed by atoms with E-state index < -0.39 is 11.7 Å². The van der Waals surface area contributed by atoms with Gasteiger partial charge in [0.15, 0.2) is 0 Å². The largest absolute Gasteiger partial charge is 0.378 e. The van der Waals surface area contributed by atoms with Gasteiger partial charge < -0.3 is 25.6 Å². The number of rotatable bonds is 7. The van der Waals surface area contributed by atoms with Gasteiger partial charge in [0.2, 0.25) is 0 Å². The van der Waals surface area contributed by atoms with Crippen LogP contribution in [0.1, 0.15) is 16.8 Å². The predicted molar refractivity (Wildman–Crippen MR) is 110 cm³/mol. The van der Waals surface area contributed by atoms with Gasteiger partial charge in [0.05, 0.1) is 18.8 Å². The van der Waals surface area contributed by atoms with Crippen molar-refractivity contribution in [1.82, 2.24) is 10.6 Å². The van der Waals surface area contributed by atoms with E-state index in [1.54, 1.807) is 6.07 Å². The molecule has 29 heavy (non-hydrogen) atoms. The average molecular weight is 400 g/mol. The van der Waals surface area contributed by atoms with Crippen molar-refractivity contribution >= 4 is 23.3 Å². The standard InChI is InChI=1S/C21H25FN4O3/c22-19-5-2-1-4-18(19)20(27)23-10-3-11-24-21(28)25-16-6-8-17(9-7-16)26-12-14-29-15-13-26/h1-2,4-9H,3,10-15H2,(H,23,27)(H2,24,25,28). The van der Waals surface area contributed by atoms with Crippen molar-refractivity contribution in [2.45, 2.75) is 6.42 Å². The minimum Gasteiger partial charge on any atom is -0.378 e. The molecule has 1 heterocycles. The lowest BCUT2D eigenvalue weighted by Crippen LogP contribution is -2.36. The molecule has 0 spiro atoms. The topological polar surface area (TPSA) is 82.7 Å². The Morgan fingerprint density at radius 2 is 1.66 bits per heavy atom. The Morgan fingerprint density at radius 1 is 0.966 bits per heavy atom. The Bertz CT molecular complexity index is 823. The lowest BCUT2D eigenvalue weighted by atomic mass is 10.2. The third kappa shape index (κ3) is 6.18. The molecule has 3 rings (SSSR count). The second kappa shape index (κ2) is 10.4. The zero-order chi connectivity index (χ0) is 20.5. The Labute approximate surface area is 169 Å². The van der Waals surface area contributed by atoms with Gasteiger partial charge in [-0.1, -0.05) is 12.1 Å². The molecule has 1 aliphatic heterocycles. The molecule has 0 radical (unpaired) electrons. The maximum absolute atomic E-state index is 13.5. The van der Waals surface area contributed by atoms with Crippen molar-refractivity contribution < 1.29 is 18.7 Å². The van der Waals surface area contributed by atoms with E-state index in [-0.39, 0.29) is 11.6 Å². The summed E-state index contributed by atoms with van der Waals surface area (Å²) in [5, 5.41) is 8.14. The van der Waals surface area contributed by atoms with E-state index in [1.165, 1.54) is 18.2 Å². The van der Waals surface area contributed by atoms with Crippen molar-refractivity contribution in [2.24, 2.45) is 0 Å². The normalized spacial score (nSPS) is 13.6. The van der Waals surface area contributed by atoms with Crippen LogP contribution in [0.15, 0.2) is 48.5 Å². The quantitative estimate of drug-likeness (QED) is 0.624. The van der Waals surface area contributed by atoms with Crippen LogP contribution in [0.3, 0.4) is 0 Å². The average Bonchev–Trinajstić information content (AvgIpc) is 2.75. The molecule has 0 aliphatic carbocycles. The number of nitrogens with one attached hydrogen (secondary N) is 3. The first-order valence-electron chi connectivity index (χ1n) is 9.64. The van der Waals surface area contributed by atoms with Crippen LogP contribution in [0.25, 0.3) is 0 Å². The molecular formula is C21H25FN4O3. The lowest BCUT2D eigenvalue weighted by Gasteiger charge is -2.28. The molecule has 2 aromatic carbocycles. The van der Waals surface area contributed by atoms with Crippen molar-refractivity contribution in [2.75, 3.05) is 49.6 Å². The molecule has 0 atom stereocenters. The first-order valence-corrected chi connectivity index (χ1v) is 9.64. The number of carbonyl (C=O) groups excluding carboxylic acids is 2. The first kappa shape index (κ1) is 20.6. The van der Waals surface area contributed by atoms with Crippen LogP contribution in [0, 0.1) is 5.82 Å². The van der Waals surface area contributed by atoms with Crippen LogP contribution in [-0.4, -0.2) is 51.3 Å². The number of urea groups is 1. The fourth-order valence-corrected chi connectivity index (χ4v) is 2.99. The molecule has 1 fully saturated rings. The van der Waals surface area contributed by atoms with E-state index in [1.807, 2.05) is 24.3 Å². The molecule has 7 nitrogen and oxygen atoms in total. The van der Waals surface area contributed by atoms with Crippen molar-refractivity contribution in [1.29, 1.82) is 0 Å². The molecule has 0 bridgehead atoms. The van der Waals surface area contributed by atoms with E-state index in [2.05, 4.69) is 20.9 Å². The number of hydrogen-bond acceptors (Lipinski definition) is 4. The highest BCUT2D eigenvalue weighted by atomic mass is 19.1. The summed E-state index contributed by atoms with van der Waals surface area (Å²) in [6.07, 6.45) is 0.531. The summed E-state index contributed by atoms with van der Waals surface area (Å²) in [4.78, 5) is 26.1. The lowest BCUT2D eigenvalue weighted by molar-refractivity contribution is 0.0949. The van der Waals surface area contributed by atoms with E-state index in [9.17, 15) is 14.0 Å². The number of nitrogens with zero attached hydrogens (tertiary/aromatic N) is 1. The number of carbonyl (C=O) groups is 2. The van der Waals surface area contributed by atoms with Gasteiger partial charge in [0.25, 0.3) is 5.91 Å². The molecule has 2 aromatic rings. The molecule has 1 saturated heterocycles. The maximum atomic E-state index is 13.5. The Kier molecular flexibility index (Phi) is 7.40. The molecule has 0 unspecified atom stereocenters. The highest BCUT2D eigenvalue weighted by Gasteiger charge is 2.11. The predicted octanol–water partition coefficient (Wildman–Crippen LogP) is 2.60. The van der Waals surface area contributed by atoms with Crippen LogP contribution in [0.2, 0.25) is 0 Å². The van der Waals surface area contributed by atoms with E-state index in [4.69, 9.17) is 4.74 Å². The minimum atomic E-state index is -0.554. The van der Waals surface area contributed by atoms with E-state index in [0.717, 1.165) is 32.0 Å². The molecular weight excluding hydrogens is 375 g/mol. The number of anilines is 2. The summed E-state index contributed by atoms with van der Waals surface area (Å²) in [7, 11) is 0. The van der Waals surface area contributed by atoms with Gasteiger partial charge in [0.1, 0.15) is 5.82 Å². The van der Waals surface area contributed by atoms with Gasteiger partial charge in [-0.2, -0.15) is 0 Å². The van der Waals surface area contributed by atoms with E-state index >= 15 is 0 Å². The molecule has 8 heteroatoms. The number of benzene rings is 2. The molecule has 1 aliphatic rings. The molecule has 0 aromatic heterocycles. The Balaban J connectivity index is 1.33. The fourth-order valence-electron chi connectivity index (χ4n) is 2.99. The minimum absolute atomic E-state index is 0.0127.